The highest BCUT2D eigenvalue weighted by Gasteiger charge is 2.43. The number of rotatable bonds is 3. The van der Waals surface area contributed by atoms with E-state index in [-0.39, 0.29) is 17.9 Å². The van der Waals surface area contributed by atoms with Crippen molar-refractivity contribution in [2.45, 2.75) is 39.2 Å². The molecule has 1 aliphatic heterocycles. The first-order valence-corrected chi connectivity index (χ1v) is 9.92. The standard InChI is InChI=1S/C20H24N2O2S/c1-3-13-4-6-14(7-5-13)19-21-12(2)18(25-19)20(24)22-10-15-8-9-17(23)16(15)11-22/h4-7,15-17,23H,3,8-11H2,1-2H3/t15-,16-,17-/m0/s1. The molecular weight excluding hydrogens is 332 g/mol. The van der Waals surface area contributed by atoms with Gasteiger partial charge in [-0.25, -0.2) is 4.98 Å². The van der Waals surface area contributed by atoms with Crippen LogP contribution in [0.2, 0.25) is 0 Å². The average molecular weight is 356 g/mol. The summed E-state index contributed by atoms with van der Waals surface area (Å²) in [4.78, 5) is 20.3. The normalized spacial score (nSPS) is 25.4. The lowest BCUT2D eigenvalue weighted by molar-refractivity contribution is 0.0756. The van der Waals surface area contributed by atoms with Gasteiger partial charge in [-0.1, -0.05) is 31.2 Å². The van der Waals surface area contributed by atoms with Crippen LogP contribution in [0.3, 0.4) is 0 Å². The number of amides is 1. The van der Waals surface area contributed by atoms with Gasteiger partial charge in [-0.05, 0) is 37.7 Å². The fourth-order valence-corrected chi connectivity index (χ4v) is 5.19. The summed E-state index contributed by atoms with van der Waals surface area (Å²) in [7, 11) is 0. The molecule has 25 heavy (non-hydrogen) atoms. The van der Waals surface area contributed by atoms with E-state index in [9.17, 15) is 9.90 Å². The molecule has 4 nitrogen and oxygen atoms in total. The van der Waals surface area contributed by atoms with E-state index in [1.54, 1.807) is 0 Å². The zero-order valence-electron chi connectivity index (χ0n) is 14.7. The molecule has 1 aliphatic carbocycles. The van der Waals surface area contributed by atoms with E-state index in [1.165, 1.54) is 16.9 Å². The monoisotopic (exact) mass is 356 g/mol. The van der Waals surface area contributed by atoms with E-state index >= 15 is 0 Å². The zero-order chi connectivity index (χ0) is 17.6. The summed E-state index contributed by atoms with van der Waals surface area (Å²) in [6.45, 7) is 5.52. The van der Waals surface area contributed by atoms with Crippen LogP contribution >= 0.6 is 11.3 Å². The van der Waals surface area contributed by atoms with Crippen LogP contribution in [-0.4, -0.2) is 40.1 Å². The van der Waals surface area contributed by atoms with Gasteiger partial charge in [0.25, 0.3) is 5.91 Å². The highest BCUT2D eigenvalue weighted by molar-refractivity contribution is 7.17. The SMILES string of the molecule is CCc1ccc(-c2nc(C)c(C(=O)N3C[C@@H]4CC[C@H](O)[C@H]4C3)s2)cc1. The first-order valence-electron chi connectivity index (χ1n) is 9.11. The predicted molar refractivity (Wildman–Crippen MR) is 99.8 cm³/mol. The molecule has 5 heteroatoms. The number of carbonyl (C=O) groups excluding carboxylic acids is 1. The molecule has 2 fully saturated rings. The van der Waals surface area contributed by atoms with Crippen LogP contribution in [-0.2, 0) is 6.42 Å². The Labute approximate surface area is 152 Å². The molecule has 4 rings (SSSR count). The van der Waals surface area contributed by atoms with Crippen molar-refractivity contribution in [1.82, 2.24) is 9.88 Å². The summed E-state index contributed by atoms with van der Waals surface area (Å²) < 4.78 is 0. The number of nitrogens with zero attached hydrogens (tertiary/aromatic N) is 2. The fourth-order valence-electron chi connectivity index (χ4n) is 4.15. The predicted octanol–water partition coefficient (Wildman–Crippen LogP) is 3.52. The number of hydrogen-bond acceptors (Lipinski definition) is 4. The van der Waals surface area contributed by atoms with Gasteiger partial charge in [0.15, 0.2) is 0 Å². The van der Waals surface area contributed by atoms with Crippen LogP contribution in [0, 0.1) is 18.8 Å². The quantitative estimate of drug-likeness (QED) is 0.915. The van der Waals surface area contributed by atoms with Crippen LogP contribution in [0.1, 0.15) is 40.7 Å². The minimum Gasteiger partial charge on any atom is -0.393 e. The van der Waals surface area contributed by atoms with E-state index in [2.05, 4.69) is 36.2 Å². The van der Waals surface area contributed by atoms with Gasteiger partial charge < -0.3 is 10.0 Å². The van der Waals surface area contributed by atoms with Gasteiger partial charge in [0, 0.05) is 24.6 Å². The minimum atomic E-state index is -0.238. The maximum absolute atomic E-state index is 13.0. The summed E-state index contributed by atoms with van der Waals surface area (Å²) in [6.07, 6.45) is 2.70. The lowest BCUT2D eigenvalue weighted by atomic mass is 10.00. The Kier molecular flexibility index (Phi) is 4.38. The van der Waals surface area contributed by atoms with E-state index < -0.39 is 0 Å². The number of aryl methyl sites for hydroxylation is 2. The van der Waals surface area contributed by atoms with E-state index in [0.29, 0.717) is 12.5 Å². The molecule has 1 saturated carbocycles. The number of likely N-dealkylation sites (tertiary alicyclic amines) is 1. The molecule has 1 saturated heterocycles. The summed E-state index contributed by atoms with van der Waals surface area (Å²) in [5.74, 6) is 0.805. The Bertz CT molecular complexity index is 783. The topological polar surface area (TPSA) is 53.4 Å². The Morgan fingerprint density at radius 1 is 1.28 bits per heavy atom. The number of aromatic nitrogens is 1. The van der Waals surface area contributed by atoms with E-state index in [0.717, 1.165) is 46.9 Å². The summed E-state index contributed by atoms with van der Waals surface area (Å²) >= 11 is 1.49. The molecule has 2 aliphatic rings. The van der Waals surface area contributed by atoms with Crippen molar-refractivity contribution in [2.75, 3.05) is 13.1 Å². The summed E-state index contributed by atoms with van der Waals surface area (Å²) in [5, 5.41) is 11.0. The third-order valence-electron chi connectivity index (χ3n) is 5.71. The van der Waals surface area contributed by atoms with Gasteiger partial charge in [0.1, 0.15) is 9.88 Å². The molecule has 3 atom stereocenters. The number of carbonyl (C=O) groups is 1. The van der Waals surface area contributed by atoms with Crippen LogP contribution in [0.25, 0.3) is 10.6 Å². The van der Waals surface area contributed by atoms with Crippen molar-refractivity contribution in [1.29, 1.82) is 0 Å². The molecule has 0 spiro atoms. The molecule has 1 N–H and O–H groups in total. The molecule has 1 aromatic heterocycles. The zero-order valence-corrected chi connectivity index (χ0v) is 15.6. The second kappa shape index (κ2) is 6.54. The molecule has 0 radical (unpaired) electrons. The van der Waals surface area contributed by atoms with Crippen LogP contribution in [0.15, 0.2) is 24.3 Å². The second-order valence-electron chi connectivity index (χ2n) is 7.26. The van der Waals surface area contributed by atoms with Gasteiger partial charge in [-0.15, -0.1) is 11.3 Å². The van der Waals surface area contributed by atoms with Crippen molar-refractivity contribution in [2.24, 2.45) is 11.8 Å². The third kappa shape index (κ3) is 3.00. The largest absolute Gasteiger partial charge is 0.393 e. The second-order valence-corrected chi connectivity index (χ2v) is 8.26. The Morgan fingerprint density at radius 2 is 2.04 bits per heavy atom. The Morgan fingerprint density at radius 3 is 2.72 bits per heavy atom. The number of fused-ring (bicyclic) bond motifs is 1. The first-order chi connectivity index (χ1) is 12.1. The van der Waals surface area contributed by atoms with Crippen molar-refractivity contribution in [3.05, 3.63) is 40.4 Å². The molecule has 1 amide bonds. The number of aliphatic hydroxyl groups is 1. The van der Waals surface area contributed by atoms with Crippen LogP contribution in [0.5, 0.6) is 0 Å². The van der Waals surface area contributed by atoms with Gasteiger partial charge in [-0.3, -0.25) is 4.79 Å². The summed E-state index contributed by atoms with van der Waals surface area (Å²) in [5.41, 5.74) is 3.18. The number of hydrogen-bond donors (Lipinski definition) is 1. The van der Waals surface area contributed by atoms with Gasteiger partial charge in [0.05, 0.1) is 11.8 Å². The van der Waals surface area contributed by atoms with Crippen LogP contribution in [0.4, 0.5) is 0 Å². The highest BCUT2D eigenvalue weighted by Crippen LogP contribution is 2.39. The third-order valence-corrected chi connectivity index (χ3v) is 6.90. The maximum Gasteiger partial charge on any atom is 0.265 e. The Hall–Kier alpha value is -1.72. The van der Waals surface area contributed by atoms with E-state index in [4.69, 9.17) is 0 Å². The Balaban J connectivity index is 1.55. The maximum atomic E-state index is 13.0. The smallest absolute Gasteiger partial charge is 0.265 e. The fraction of sp³-hybridized carbons (Fsp3) is 0.500. The van der Waals surface area contributed by atoms with Gasteiger partial charge in [0.2, 0.25) is 0 Å². The lowest BCUT2D eigenvalue weighted by Gasteiger charge is -2.17. The molecule has 0 bridgehead atoms. The minimum absolute atomic E-state index is 0.0769. The number of aliphatic hydroxyl groups excluding tert-OH is 1. The lowest BCUT2D eigenvalue weighted by Crippen LogP contribution is -2.30. The van der Waals surface area contributed by atoms with Gasteiger partial charge >= 0.3 is 0 Å². The van der Waals surface area contributed by atoms with Crippen molar-refractivity contribution < 1.29 is 9.90 Å². The number of benzene rings is 1. The average Bonchev–Trinajstić information content (AvgIpc) is 3.31. The molecule has 1 aromatic carbocycles. The van der Waals surface area contributed by atoms with Gasteiger partial charge in [-0.2, -0.15) is 0 Å². The number of thiazole rings is 1. The van der Waals surface area contributed by atoms with Crippen molar-refractivity contribution >= 4 is 17.2 Å². The molecule has 132 valence electrons. The summed E-state index contributed by atoms with van der Waals surface area (Å²) in [6, 6.07) is 8.41. The van der Waals surface area contributed by atoms with Crippen LogP contribution < -0.4 is 0 Å². The highest BCUT2D eigenvalue weighted by atomic mass is 32.1. The van der Waals surface area contributed by atoms with Crippen molar-refractivity contribution in [3.8, 4) is 10.6 Å². The molecule has 2 aromatic rings. The van der Waals surface area contributed by atoms with Crippen molar-refractivity contribution in [3.63, 3.8) is 0 Å². The van der Waals surface area contributed by atoms with E-state index in [1.807, 2.05) is 11.8 Å². The molecular formula is C20H24N2O2S. The molecule has 0 unspecified atom stereocenters. The first kappa shape index (κ1) is 16.7. The molecule has 2 heterocycles.